The van der Waals surface area contributed by atoms with Gasteiger partial charge in [-0.2, -0.15) is 18.3 Å². The van der Waals surface area contributed by atoms with Gasteiger partial charge in [0.05, 0.1) is 23.6 Å². The fraction of sp³-hybridized carbons (Fsp3) is 0.308. The molecule has 208 valence electrons. The van der Waals surface area contributed by atoms with E-state index in [0.29, 0.717) is 35.4 Å². The summed E-state index contributed by atoms with van der Waals surface area (Å²) >= 11 is 0. The number of piperidine rings is 1. The highest BCUT2D eigenvalue weighted by Crippen LogP contribution is 2.34. The van der Waals surface area contributed by atoms with Crippen LogP contribution in [0.4, 0.5) is 29.6 Å². The van der Waals surface area contributed by atoms with Crippen molar-refractivity contribution in [1.82, 2.24) is 29.6 Å². The number of hydrogen-bond acceptors (Lipinski definition) is 8. The summed E-state index contributed by atoms with van der Waals surface area (Å²) < 4.78 is 45.9. The van der Waals surface area contributed by atoms with Crippen LogP contribution in [0, 0.1) is 0 Å². The van der Waals surface area contributed by atoms with Gasteiger partial charge in [0, 0.05) is 30.4 Å². The summed E-state index contributed by atoms with van der Waals surface area (Å²) in [6.45, 7) is 3.01. The van der Waals surface area contributed by atoms with Crippen molar-refractivity contribution in [3.8, 4) is 11.3 Å². The van der Waals surface area contributed by atoms with Crippen molar-refractivity contribution in [3.63, 3.8) is 0 Å². The molecule has 0 aliphatic carbocycles. The Morgan fingerprint density at radius 2 is 1.93 bits per heavy atom. The summed E-state index contributed by atoms with van der Waals surface area (Å²) in [5.41, 5.74) is 7.13. The lowest BCUT2D eigenvalue weighted by atomic mass is 10.1. The standard InChI is InChI=1S/C26H25F3N8O3/c1-2-40-25(39)36-11-3-4-18(13-36)37-23-20(22(30)32-14-33-23)21(35-37)15-5-7-16(8-6-15)24(38)34-19-12-17(9-10-31-19)26(27,28)29/h5-10,12,14,18H,2-4,11,13H2,1H3,(H2,30,32,33)(H,31,34,38)/t18-/m1/s1. The van der Waals surface area contributed by atoms with Gasteiger partial charge in [-0.25, -0.2) is 24.4 Å². The van der Waals surface area contributed by atoms with Crippen LogP contribution >= 0.6 is 0 Å². The zero-order chi connectivity index (χ0) is 28.4. The second-order valence-electron chi connectivity index (χ2n) is 9.15. The lowest BCUT2D eigenvalue weighted by Gasteiger charge is -2.32. The average molecular weight is 555 g/mol. The van der Waals surface area contributed by atoms with E-state index in [1.165, 1.54) is 18.5 Å². The molecule has 11 nitrogen and oxygen atoms in total. The number of amides is 2. The molecule has 1 atom stereocenters. The van der Waals surface area contributed by atoms with Gasteiger partial charge in [-0.05, 0) is 44.0 Å². The van der Waals surface area contributed by atoms with Crippen LogP contribution in [0.15, 0.2) is 48.9 Å². The quantitative estimate of drug-likeness (QED) is 0.367. The number of fused-ring (bicyclic) bond motifs is 1. The molecule has 40 heavy (non-hydrogen) atoms. The third-order valence-electron chi connectivity index (χ3n) is 6.54. The molecule has 5 rings (SSSR count). The molecule has 1 saturated heterocycles. The minimum atomic E-state index is -4.56. The first kappa shape index (κ1) is 26.8. The minimum Gasteiger partial charge on any atom is -0.450 e. The Labute approximate surface area is 226 Å². The van der Waals surface area contributed by atoms with Crippen molar-refractivity contribution in [2.75, 3.05) is 30.7 Å². The molecular weight excluding hydrogens is 529 g/mol. The van der Waals surface area contributed by atoms with Crippen molar-refractivity contribution < 1.29 is 27.5 Å². The highest BCUT2D eigenvalue weighted by Gasteiger charge is 2.31. The third-order valence-corrected chi connectivity index (χ3v) is 6.54. The molecule has 4 heterocycles. The SMILES string of the molecule is CCOC(=O)N1CCC[C@@H](n2nc(-c3ccc(C(=O)Nc4cc(C(F)(F)F)ccn4)cc3)c3c(N)ncnc32)C1. The van der Waals surface area contributed by atoms with Crippen LogP contribution in [0.3, 0.4) is 0 Å². The fourth-order valence-corrected chi connectivity index (χ4v) is 4.63. The van der Waals surface area contributed by atoms with E-state index in [1.54, 1.807) is 28.6 Å². The number of benzene rings is 1. The molecule has 4 aromatic rings. The molecule has 1 aliphatic heterocycles. The first-order valence-corrected chi connectivity index (χ1v) is 12.5. The number of nitrogens with zero attached hydrogens (tertiary/aromatic N) is 6. The van der Waals surface area contributed by atoms with Gasteiger partial charge in [0.15, 0.2) is 5.65 Å². The average Bonchev–Trinajstić information content (AvgIpc) is 3.34. The van der Waals surface area contributed by atoms with Crippen molar-refractivity contribution in [3.05, 3.63) is 60.0 Å². The number of alkyl halides is 3. The third kappa shape index (κ3) is 5.37. The van der Waals surface area contributed by atoms with Crippen LogP contribution in [0.25, 0.3) is 22.3 Å². The van der Waals surface area contributed by atoms with Crippen LogP contribution < -0.4 is 11.1 Å². The van der Waals surface area contributed by atoms with E-state index in [2.05, 4.69) is 20.3 Å². The summed E-state index contributed by atoms with van der Waals surface area (Å²) in [5.74, 6) is -0.623. The second kappa shape index (κ2) is 10.8. The van der Waals surface area contributed by atoms with E-state index in [0.717, 1.165) is 31.2 Å². The lowest BCUT2D eigenvalue weighted by Crippen LogP contribution is -2.41. The molecule has 1 fully saturated rings. The van der Waals surface area contributed by atoms with E-state index < -0.39 is 17.6 Å². The summed E-state index contributed by atoms with van der Waals surface area (Å²) in [4.78, 5) is 39.0. The first-order valence-electron chi connectivity index (χ1n) is 12.5. The van der Waals surface area contributed by atoms with E-state index in [9.17, 15) is 22.8 Å². The smallest absolute Gasteiger partial charge is 0.416 e. The second-order valence-corrected chi connectivity index (χ2v) is 9.15. The van der Waals surface area contributed by atoms with Crippen LogP contribution in [-0.2, 0) is 10.9 Å². The molecule has 0 saturated carbocycles. The zero-order valence-corrected chi connectivity index (χ0v) is 21.4. The molecule has 1 aliphatic rings. The molecule has 0 spiro atoms. The van der Waals surface area contributed by atoms with Gasteiger partial charge in [0.1, 0.15) is 23.7 Å². The lowest BCUT2D eigenvalue weighted by molar-refractivity contribution is -0.137. The maximum atomic E-state index is 13.0. The molecule has 0 bridgehead atoms. The van der Waals surface area contributed by atoms with Gasteiger partial charge in [0.25, 0.3) is 5.91 Å². The molecule has 1 aromatic carbocycles. The number of likely N-dealkylation sites (tertiary alicyclic amines) is 1. The number of carbonyl (C=O) groups is 2. The predicted molar refractivity (Wildman–Crippen MR) is 139 cm³/mol. The highest BCUT2D eigenvalue weighted by atomic mass is 19.4. The summed E-state index contributed by atoms with van der Waals surface area (Å²) in [7, 11) is 0. The van der Waals surface area contributed by atoms with Crippen LogP contribution in [0.5, 0.6) is 0 Å². The molecule has 0 radical (unpaired) electrons. The number of rotatable bonds is 5. The van der Waals surface area contributed by atoms with E-state index in [4.69, 9.17) is 15.6 Å². The maximum absolute atomic E-state index is 13.0. The maximum Gasteiger partial charge on any atom is 0.416 e. The van der Waals surface area contributed by atoms with E-state index >= 15 is 0 Å². The Balaban J connectivity index is 1.42. The molecule has 3 aromatic heterocycles. The van der Waals surface area contributed by atoms with Gasteiger partial charge < -0.3 is 20.7 Å². The zero-order valence-electron chi connectivity index (χ0n) is 21.4. The Kier molecular flexibility index (Phi) is 7.24. The number of nitrogens with one attached hydrogen (secondary N) is 1. The predicted octanol–water partition coefficient (Wildman–Crippen LogP) is 4.54. The number of pyridine rings is 1. The Hall–Kier alpha value is -4.75. The number of ether oxygens (including phenoxy) is 1. The summed E-state index contributed by atoms with van der Waals surface area (Å²) in [6, 6.07) is 7.76. The van der Waals surface area contributed by atoms with Crippen LogP contribution in [0.1, 0.15) is 41.7 Å². The summed E-state index contributed by atoms with van der Waals surface area (Å²) in [6.07, 6.45) is -1.10. The largest absolute Gasteiger partial charge is 0.450 e. The van der Waals surface area contributed by atoms with Gasteiger partial charge in [-0.15, -0.1) is 0 Å². The van der Waals surface area contributed by atoms with Gasteiger partial charge in [-0.3, -0.25) is 4.79 Å². The first-order chi connectivity index (χ1) is 19.2. The van der Waals surface area contributed by atoms with Crippen molar-refractivity contribution in [2.24, 2.45) is 0 Å². The number of carbonyl (C=O) groups excluding carboxylic acids is 2. The van der Waals surface area contributed by atoms with E-state index in [1.807, 2.05) is 0 Å². The molecule has 0 unspecified atom stereocenters. The highest BCUT2D eigenvalue weighted by molar-refractivity contribution is 6.04. The molecule has 3 N–H and O–H groups in total. The number of aromatic nitrogens is 5. The topological polar surface area (TPSA) is 141 Å². The fourth-order valence-electron chi connectivity index (χ4n) is 4.63. The minimum absolute atomic E-state index is 0.172. The number of nitrogen functional groups attached to an aromatic ring is 1. The summed E-state index contributed by atoms with van der Waals surface area (Å²) in [5, 5.41) is 7.71. The van der Waals surface area contributed by atoms with Gasteiger partial charge in [0.2, 0.25) is 0 Å². The van der Waals surface area contributed by atoms with Crippen LogP contribution in [-0.4, -0.2) is 61.3 Å². The number of hydrogen-bond donors (Lipinski definition) is 2. The number of anilines is 2. The molecule has 14 heteroatoms. The van der Waals surface area contributed by atoms with Gasteiger partial charge >= 0.3 is 12.3 Å². The van der Waals surface area contributed by atoms with Crippen molar-refractivity contribution >= 4 is 34.7 Å². The Morgan fingerprint density at radius 1 is 1.15 bits per heavy atom. The molecular formula is C26H25F3N8O3. The van der Waals surface area contributed by atoms with Crippen molar-refractivity contribution in [1.29, 1.82) is 0 Å². The number of nitrogens with two attached hydrogens (primary N) is 1. The van der Waals surface area contributed by atoms with Crippen molar-refractivity contribution in [2.45, 2.75) is 32.0 Å². The number of halogens is 3. The van der Waals surface area contributed by atoms with Gasteiger partial charge in [-0.1, -0.05) is 12.1 Å². The van der Waals surface area contributed by atoms with E-state index in [-0.39, 0.29) is 35.9 Å². The Morgan fingerprint density at radius 3 is 2.65 bits per heavy atom. The normalized spacial score (nSPS) is 15.7. The Bertz CT molecular complexity index is 1560. The molecule has 2 amide bonds. The monoisotopic (exact) mass is 554 g/mol. The van der Waals surface area contributed by atoms with Crippen LogP contribution in [0.2, 0.25) is 0 Å².